The maximum Gasteiger partial charge on any atom is 0.348 e. The van der Waals surface area contributed by atoms with Gasteiger partial charge in [-0.1, -0.05) is 37.3 Å². The van der Waals surface area contributed by atoms with Crippen LogP contribution in [0.25, 0.3) is 0 Å². The molecule has 1 aliphatic rings. The van der Waals surface area contributed by atoms with E-state index in [4.69, 9.17) is 9.05 Å². The van der Waals surface area contributed by atoms with Crippen molar-refractivity contribution in [2.75, 3.05) is 19.8 Å². The first kappa shape index (κ1) is 15.7. The second-order valence-corrected chi connectivity index (χ2v) is 7.08. The van der Waals surface area contributed by atoms with Crippen LogP contribution in [0.15, 0.2) is 30.3 Å². The summed E-state index contributed by atoms with van der Waals surface area (Å²) >= 11 is 0. The molecule has 0 spiro atoms. The van der Waals surface area contributed by atoms with Crippen LogP contribution in [-0.2, 0) is 13.6 Å². The van der Waals surface area contributed by atoms with E-state index in [1.54, 1.807) is 0 Å². The fraction of sp³-hybridized carbons (Fsp3) is 0.600. The molecule has 1 saturated heterocycles. The normalized spacial score (nSPS) is 23.6. The summed E-state index contributed by atoms with van der Waals surface area (Å²) in [5.41, 5.74) is 1.26. The summed E-state index contributed by atoms with van der Waals surface area (Å²) in [5.74, 6) is -0.0902. The lowest BCUT2D eigenvalue weighted by Gasteiger charge is -2.21. The highest BCUT2D eigenvalue weighted by Crippen LogP contribution is 2.61. The molecule has 2 unspecified atom stereocenters. The highest BCUT2D eigenvalue weighted by molar-refractivity contribution is 7.55. The number of nitrogens with zero attached hydrogens (tertiary/aromatic N) is 1. The molecular weight excluding hydrogens is 273 g/mol. The molecule has 1 aromatic carbocycles. The van der Waals surface area contributed by atoms with Crippen molar-refractivity contribution >= 4 is 7.60 Å². The van der Waals surface area contributed by atoms with Crippen molar-refractivity contribution in [1.29, 1.82) is 0 Å². The number of hydrogen-bond donors (Lipinski definition) is 0. The van der Waals surface area contributed by atoms with Gasteiger partial charge in [0.15, 0.2) is 0 Å². The third kappa shape index (κ3) is 3.32. The molecule has 4 nitrogen and oxygen atoms in total. The zero-order valence-corrected chi connectivity index (χ0v) is 13.4. The van der Waals surface area contributed by atoms with Gasteiger partial charge in [0.2, 0.25) is 0 Å². The molecule has 2 rings (SSSR count). The first-order chi connectivity index (χ1) is 9.66. The predicted molar refractivity (Wildman–Crippen MR) is 80.8 cm³/mol. The van der Waals surface area contributed by atoms with Crippen molar-refractivity contribution in [1.82, 2.24) is 4.90 Å². The minimum atomic E-state index is -3.00. The Hall–Kier alpha value is -0.670. The second kappa shape index (κ2) is 6.86. The Bertz CT molecular complexity index is 455. The Morgan fingerprint density at radius 3 is 2.30 bits per heavy atom. The summed E-state index contributed by atoms with van der Waals surface area (Å²) in [5, 5.41) is 0. The van der Waals surface area contributed by atoms with Gasteiger partial charge in [-0.2, -0.15) is 0 Å². The van der Waals surface area contributed by atoms with E-state index < -0.39 is 7.60 Å². The topological polar surface area (TPSA) is 38.5 Å². The van der Waals surface area contributed by atoms with Crippen molar-refractivity contribution in [3.63, 3.8) is 0 Å². The molecule has 20 heavy (non-hydrogen) atoms. The molecule has 3 atom stereocenters. The lowest BCUT2D eigenvalue weighted by atomic mass is 10.1. The maximum atomic E-state index is 12.8. The first-order valence-electron chi connectivity index (χ1n) is 7.35. The minimum absolute atomic E-state index is 0.0902. The number of benzene rings is 1. The zero-order chi connectivity index (χ0) is 14.6. The summed E-state index contributed by atoms with van der Waals surface area (Å²) in [6.45, 7) is 7.48. The van der Waals surface area contributed by atoms with E-state index in [-0.39, 0.29) is 11.8 Å². The van der Waals surface area contributed by atoms with Crippen molar-refractivity contribution in [2.24, 2.45) is 0 Å². The van der Waals surface area contributed by atoms with Crippen molar-refractivity contribution in [2.45, 2.75) is 39.0 Å². The van der Waals surface area contributed by atoms with Crippen LogP contribution in [0.4, 0.5) is 0 Å². The smallest absolute Gasteiger partial charge is 0.308 e. The predicted octanol–water partition coefficient (Wildman–Crippen LogP) is 4.05. The molecule has 112 valence electrons. The lowest BCUT2D eigenvalue weighted by Crippen LogP contribution is -2.13. The van der Waals surface area contributed by atoms with Crippen LogP contribution in [0, 0.1) is 0 Å². The third-order valence-corrected chi connectivity index (χ3v) is 6.00. The van der Waals surface area contributed by atoms with E-state index in [0.717, 1.165) is 13.0 Å². The highest BCUT2D eigenvalue weighted by Gasteiger charge is 2.53. The zero-order valence-electron chi connectivity index (χ0n) is 12.5. The van der Waals surface area contributed by atoms with Gasteiger partial charge in [-0.3, -0.25) is 9.46 Å². The molecule has 1 fully saturated rings. The molecule has 1 aromatic rings. The summed E-state index contributed by atoms with van der Waals surface area (Å²) in [6, 6.07) is 10.6. The molecule has 5 heteroatoms. The molecule has 1 heterocycles. The summed E-state index contributed by atoms with van der Waals surface area (Å²) in [7, 11) is -3.00. The SMILES string of the molecule is CCOP(=O)(OCC)C1CN1[C@H](CC)c1ccccc1. The van der Waals surface area contributed by atoms with E-state index in [9.17, 15) is 4.57 Å². The molecule has 0 bridgehead atoms. The minimum Gasteiger partial charge on any atom is -0.308 e. The molecule has 0 saturated carbocycles. The standard InChI is InChI=1S/C15H24NO3P/c1-4-14(13-10-8-7-9-11-13)16-12-15(16)20(17,18-5-2)19-6-3/h7-11,14-15H,4-6,12H2,1-3H3/t14-,15?,16?/m1/s1. The Balaban J connectivity index is 2.10. The third-order valence-electron chi connectivity index (χ3n) is 3.58. The van der Waals surface area contributed by atoms with E-state index in [1.165, 1.54) is 5.56 Å². The lowest BCUT2D eigenvalue weighted by molar-refractivity contribution is 0.211. The van der Waals surface area contributed by atoms with Gasteiger partial charge in [0, 0.05) is 12.6 Å². The summed E-state index contributed by atoms with van der Waals surface area (Å²) in [4.78, 5) is 2.22. The van der Waals surface area contributed by atoms with Crippen molar-refractivity contribution in [3.05, 3.63) is 35.9 Å². The van der Waals surface area contributed by atoms with Crippen molar-refractivity contribution < 1.29 is 13.6 Å². The van der Waals surface area contributed by atoms with Gasteiger partial charge in [0.25, 0.3) is 0 Å². The summed E-state index contributed by atoms with van der Waals surface area (Å²) < 4.78 is 23.6. The first-order valence-corrected chi connectivity index (χ1v) is 8.96. The number of rotatable bonds is 8. The van der Waals surface area contributed by atoms with E-state index >= 15 is 0 Å². The van der Waals surface area contributed by atoms with Crippen LogP contribution >= 0.6 is 7.60 Å². The summed E-state index contributed by atoms with van der Waals surface area (Å²) in [6.07, 6.45) is 0.985. The Kier molecular flexibility index (Phi) is 5.39. The quantitative estimate of drug-likeness (QED) is 0.536. The van der Waals surface area contributed by atoms with Crippen LogP contribution < -0.4 is 0 Å². The van der Waals surface area contributed by atoms with E-state index in [2.05, 4.69) is 24.0 Å². The molecule has 0 aliphatic carbocycles. The average Bonchev–Trinajstić information content (AvgIpc) is 3.22. The van der Waals surface area contributed by atoms with E-state index in [1.807, 2.05) is 32.0 Å². The molecule has 0 radical (unpaired) electrons. The molecule has 0 aromatic heterocycles. The fourth-order valence-corrected chi connectivity index (χ4v) is 4.72. The largest absolute Gasteiger partial charge is 0.348 e. The highest BCUT2D eigenvalue weighted by atomic mass is 31.2. The van der Waals surface area contributed by atoms with Gasteiger partial charge < -0.3 is 9.05 Å². The van der Waals surface area contributed by atoms with Gasteiger partial charge in [-0.25, -0.2) is 0 Å². The fourth-order valence-electron chi connectivity index (χ4n) is 2.66. The van der Waals surface area contributed by atoms with Gasteiger partial charge in [0.05, 0.1) is 13.2 Å². The van der Waals surface area contributed by atoms with Crippen LogP contribution in [0.2, 0.25) is 0 Å². The Morgan fingerprint density at radius 2 is 1.80 bits per heavy atom. The van der Waals surface area contributed by atoms with Crippen LogP contribution in [0.1, 0.15) is 38.8 Å². The molecule has 1 aliphatic heterocycles. The number of hydrogen-bond acceptors (Lipinski definition) is 4. The second-order valence-electron chi connectivity index (χ2n) is 4.89. The maximum absolute atomic E-state index is 12.8. The molecule has 0 amide bonds. The monoisotopic (exact) mass is 297 g/mol. The Labute approximate surface area is 121 Å². The molecular formula is C15H24NO3P. The van der Waals surface area contributed by atoms with Crippen molar-refractivity contribution in [3.8, 4) is 0 Å². The van der Waals surface area contributed by atoms with Gasteiger partial charge in [-0.15, -0.1) is 0 Å². The molecule has 0 N–H and O–H groups in total. The van der Waals surface area contributed by atoms with Crippen LogP contribution in [0.5, 0.6) is 0 Å². The van der Waals surface area contributed by atoms with Gasteiger partial charge in [-0.05, 0) is 25.8 Å². The Morgan fingerprint density at radius 1 is 1.20 bits per heavy atom. The average molecular weight is 297 g/mol. The van der Waals surface area contributed by atoms with Crippen LogP contribution in [-0.4, -0.2) is 30.4 Å². The van der Waals surface area contributed by atoms with Gasteiger partial charge in [0.1, 0.15) is 5.78 Å². The van der Waals surface area contributed by atoms with Crippen LogP contribution in [0.3, 0.4) is 0 Å². The van der Waals surface area contributed by atoms with Gasteiger partial charge >= 0.3 is 7.60 Å². The van der Waals surface area contributed by atoms with E-state index in [0.29, 0.717) is 13.2 Å².